The molecular weight excluding hydrogens is 564 g/mol. The van der Waals surface area contributed by atoms with Crippen molar-refractivity contribution in [3.63, 3.8) is 0 Å². The molecule has 0 bridgehead atoms. The summed E-state index contributed by atoms with van der Waals surface area (Å²) in [5, 5.41) is 14.6. The van der Waals surface area contributed by atoms with Gasteiger partial charge in [0.15, 0.2) is 5.75 Å². The van der Waals surface area contributed by atoms with Crippen LogP contribution >= 0.6 is 0 Å². The first kappa shape index (κ1) is 29.1. The molecule has 5 aromatic rings. The summed E-state index contributed by atoms with van der Waals surface area (Å²) in [6, 6.07) is 32.3. The van der Waals surface area contributed by atoms with E-state index < -0.39 is 6.03 Å². The van der Waals surface area contributed by atoms with Gasteiger partial charge in [-0.05, 0) is 73.0 Å². The molecular formula is C36H32N6O3. The largest absolute Gasteiger partial charge is 0.455 e. The van der Waals surface area contributed by atoms with E-state index in [2.05, 4.69) is 15.6 Å². The summed E-state index contributed by atoms with van der Waals surface area (Å²) in [6.45, 7) is 1.60. The minimum atomic E-state index is -0.461. The molecule has 1 aliphatic heterocycles. The normalized spacial score (nSPS) is 12.4. The average molecular weight is 597 g/mol. The number of urea groups is 1. The highest BCUT2D eigenvalue weighted by Crippen LogP contribution is 2.30. The standard InChI is InChI=1S/C36H32N6O3/c37-33(30-22-27(23-39-34(30)38)24-15-17-25(18-16-24)35(43)42-19-6-7-20-42)26-9-8-10-28(21-26)40-36(44)41-31-13-4-5-14-32(31)45-29-11-2-1-3-12-29/h1-5,8-18,21-23,37H,6-7,19-20H2,(H2,38,39)(H2,40,41,44). The summed E-state index contributed by atoms with van der Waals surface area (Å²) in [5.74, 6) is 1.42. The lowest BCUT2D eigenvalue weighted by atomic mass is 9.98. The van der Waals surface area contributed by atoms with E-state index in [9.17, 15) is 9.59 Å². The van der Waals surface area contributed by atoms with Gasteiger partial charge in [-0.15, -0.1) is 0 Å². The number of likely N-dealkylation sites (tertiary alicyclic amines) is 1. The van der Waals surface area contributed by atoms with Crippen molar-refractivity contribution in [2.45, 2.75) is 12.8 Å². The van der Waals surface area contributed by atoms with Gasteiger partial charge in [0.2, 0.25) is 0 Å². The Morgan fingerprint density at radius 3 is 2.29 bits per heavy atom. The molecule has 0 unspecified atom stereocenters. The lowest BCUT2D eigenvalue weighted by Gasteiger charge is -2.15. The molecule has 0 radical (unpaired) electrons. The number of nitrogen functional groups attached to an aromatic ring is 1. The number of para-hydroxylation sites is 3. The molecule has 45 heavy (non-hydrogen) atoms. The third-order valence-electron chi connectivity index (χ3n) is 7.56. The van der Waals surface area contributed by atoms with E-state index in [1.54, 1.807) is 42.6 Å². The third-order valence-corrected chi connectivity index (χ3v) is 7.56. The molecule has 0 atom stereocenters. The molecule has 3 amide bonds. The molecule has 1 saturated heterocycles. The van der Waals surface area contributed by atoms with E-state index in [1.165, 1.54) is 0 Å². The maximum Gasteiger partial charge on any atom is 0.323 e. The van der Waals surface area contributed by atoms with Gasteiger partial charge in [-0.25, -0.2) is 9.78 Å². The number of pyridine rings is 1. The number of carbonyl (C=O) groups excluding carboxylic acids is 2. The van der Waals surface area contributed by atoms with E-state index in [-0.39, 0.29) is 17.4 Å². The van der Waals surface area contributed by atoms with Crippen molar-refractivity contribution in [2.24, 2.45) is 0 Å². The first-order valence-corrected chi connectivity index (χ1v) is 14.7. The average Bonchev–Trinajstić information content (AvgIpc) is 3.61. The first-order chi connectivity index (χ1) is 21.9. The summed E-state index contributed by atoms with van der Waals surface area (Å²) in [5.41, 5.74) is 10.7. The maximum absolute atomic E-state index is 12.9. The Labute approximate surface area is 261 Å². The highest BCUT2D eigenvalue weighted by molar-refractivity contribution is 6.14. The lowest BCUT2D eigenvalue weighted by Crippen LogP contribution is -2.27. The smallest absolute Gasteiger partial charge is 0.323 e. The topological polar surface area (TPSA) is 133 Å². The number of ether oxygens (including phenoxy) is 1. The Morgan fingerprint density at radius 2 is 1.51 bits per heavy atom. The summed E-state index contributed by atoms with van der Waals surface area (Å²) in [6.07, 6.45) is 3.74. The van der Waals surface area contributed by atoms with Gasteiger partial charge in [0.05, 0.1) is 11.4 Å². The molecule has 9 heteroatoms. The predicted molar refractivity (Wildman–Crippen MR) is 177 cm³/mol. The van der Waals surface area contributed by atoms with Crippen molar-refractivity contribution in [2.75, 3.05) is 29.5 Å². The fourth-order valence-corrected chi connectivity index (χ4v) is 5.21. The van der Waals surface area contributed by atoms with Crippen LogP contribution in [0.5, 0.6) is 11.5 Å². The number of amides is 3. The van der Waals surface area contributed by atoms with Crippen LogP contribution in [0.1, 0.15) is 34.3 Å². The number of anilines is 3. The number of nitrogens with one attached hydrogen (secondary N) is 3. The summed E-state index contributed by atoms with van der Waals surface area (Å²) >= 11 is 0. The number of hydrogen-bond acceptors (Lipinski definition) is 6. The Hall–Kier alpha value is -5.96. The molecule has 224 valence electrons. The van der Waals surface area contributed by atoms with Crippen LogP contribution in [0.15, 0.2) is 115 Å². The van der Waals surface area contributed by atoms with Crippen LogP contribution in [-0.2, 0) is 0 Å². The quantitative estimate of drug-likeness (QED) is 0.138. The second kappa shape index (κ2) is 13.1. The fourth-order valence-electron chi connectivity index (χ4n) is 5.21. The summed E-state index contributed by atoms with van der Waals surface area (Å²) < 4.78 is 5.94. The van der Waals surface area contributed by atoms with E-state index >= 15 is 0 Å². The van der Waals surface area contributed by atoms with Gasteiger partial charge in [0.25, 0.3) is 5.91 Å². The van der Waals surface area contributed by atoms with E-state index in [0.29, 0.717) is 39.6 Å². The molecule has 5 N–H and O–H groups in total. The van der Waals surface area contributed by atoms with E-state index in [1.807, 2.05) is 77.7 Å². The Balaban J connectivity index is 1.15. The van der Waals surface area contributed by atoms with Crippen LogP contribution < -0.4 is 21.1 Å². The zero-order valence-electron chi connectivity index (χ0n) is 24.5. The zero-order chi connectivity index (χ0) is 31.2. The molecule has 6 rings (SSSR count). The van der Waals surface area contributed by atoms with Crippen molar-refractivity contribution in [1.82, 2.24) is 9.88 Å². The molecule has 1 aromatic heterocycles. The van der Waals surface area contributed by atoms with Crippen LogP contribution in [0.2, 0.25) is 0 Å². The number of rotatable bonds is 8. The monoisotopic (exact) mass is 596 g/mol. The van der Waals surface area contributed by atoms with Gasteiger partial charge in [0, 0.05) is 47.2 Å². The summed E-state index contributed by atoms with van der Waals surface area (Å²) in [4.78, 5) is 31.9. The number of benzene rings is 4. The van der Waals surface area contributed by atoms with Crippen LogP contribution in [-0.4, -0.2) is 40.6 Å². The molecule has 4 aromatic carbocycles. The van der Waals surface area contributed by atoms with Gasteiger partial charge in [-0.3, -0.25) is 10.2 Å². The van der Waals surface area contributed by atoms with Crippen molar-refractivity contribution < 1.29 is 14.3 Å². The van der Waals surface area contributed by atoms with Crippen molar-refractivity contribution >= 4 is 34.8 Å². The summed E-state index contributed by atoms with van der Waals surface area (Å²) in [7, 11) is 0. The van der Waals surface area contributed by atoms with Crippen LogP contribution in [0.3, 0.4) is 0 Å². The lowest BCUT2D eigenvalue weighted by molar-refractivity contribution is 0.0793. The molecule has 0 saturated carbocycles. The Kier molecular flexibility index (Phi) is 8.50. The number of aromatic nitrogens is 1. The van der Waals surface area contributed by atoms with Gasteiger partial charge < -0.3 is 26.0 Å². The Bertz CT molecular complexity index is 1850. The third kappa shape index (κ3) is 6.83. The number of hydrogen-bond donors (Lipinski definition) is 4. The number of nitrogens with two attached hydrogens (primary N) is 1. The minimum Gasteiger partial charge on any atom is -0.455 e. The maximum atomic E-state index is 12.9. The number of carbonyl (C=O) groups is 2. The SMILES string of the molecule is N=C(c1cccc(NC(=O)Nc2ccccc2Oc2ccccc2)c1)c1cc(-c2ccc(C(=O)N3CCCC3)cc2)cnc1N. The molecule has 2 heterocycles. The van der Waals surface area contributed by atoms with Gasteiger partial charge in [-0.1, -0.05) is 54.6 Å². The van der Waals surface area contributed by atoms with Crippen LogP contribution in [0.4, 0.5) is 22.0 Å². The van der Waals surface area contributed by atoms with Gasteiger partial charge >= 0.3 is 6.03 Å². The van der Waals surface area contributed by atoms with Crippen LogP contribution in [0, 0.1) is 5.41 Å². The molecule has 0 spiro atoms. The predicted octanol–water partition coefficient (Wildman–Crippen LogP) is 7.42. The van der Waals surface area contributed by atoms with E-state index in [4.69, 9.17) is 15.9 Å². The minimum absolute atomic E-state index is 0.0452. The highest BCUT2D eigenvalue weighted by atomic mass is 16.5. The van der Waals surface area contributed by atoms with Crippen molar-refractivity contribution in [3.8, 4) is 22.6 Å². The zero-order valence-corrected chi connectivity index (χ0v) is 24.5. The molecule has 1 fully saturated rings. The van der Waals surface area contributed by atoms with Gasteiger partial charge in [-0.2, -0.15) is 0 Å². The highest BCUT2D eigenvalue weighted by Gasteiger charge is 2.20. The number of nitrogens with zero attached hydrogens (tertiary/aromatic N) is 2. The second-order valence-electron chi connectivity index (χ2n) is 10.7. The van der Waals surface area contributed by atoms with E-state index in [0.717, 1.165) is 37.1 Å². The van der Waals surface area contributed by atoms with Gasteiger partial charge in [0.1, 0.15) is 11.6 Å². The first-order valence-electron chi connectivity index (χ1n) is 14.7. The molecule has 0 aliphatic carbocycles. The second-order valence-corrected chi connectivity index (χ2v) is 10.7. The molecule has 9 nitrogen and oxygen atoms in total. The molecule has 1 aliphatic rings. The van der Waals surface area contributed by atoms with Crippen molar-refractivity contribution in [1.29, 1.82) is 5.41 Å². The van der Waals surface area contributed by atoms with Crippen LogP contribution in [0.25, 0.3) is 11.1 Å². The Morgan fingerprint density at radius 1 is 0.778 bits per heavy atom. The fraction of sp³-hybridized carbons (Fsp3) is 0.111. The van der Waals surface area contributed by atoms with Crippen molar-refractivity contribution in [3.05, 3.63) is 132 Å².